The molecule has 1 heterocycles. The summed E-state index contributed by atoms with van der Waals surface area (Å²) in [5.41, 5.74) is 5.25. The molecule has 0 aromatic carbocycles. The van der Waals surface area contributed by atoms with Gasteiger partial charge in [-0.1, -0.05) is 11.3 Å². The van der Waals surface area contributed by atoms with Crippen molar-refractivity contribution in [2.24, 2.45) is 0 Å². The van der Waals surface area contributed by atoms with Gasteiger partial charge < -0.3 is 5.73 Å². The molecule has 0 fully saturated rings. The molecule has 3 nitrogen and oxygen atoms in total. The fraction of sp³-hybridized carbons (Fsp3) is 0. The minimum Gasteiger partial charge on any atom is -0.374 e. The third-order valence-corrected chi connectivity index (χ3v) is 1.69. The molecule has 0 spiro atoms. The van der Waals surface area contributed by atoms with Crippen molar-refractivity contribution in [3.63, 3.8) is 0 Å². The average molecular weight is 146 g/mol. The Bertz CT molecular complexity index is 173. The first-order valence-electron chi connectivity index (χ1n) is 1.89. The highest BCUT2D eigenvalue weighted by molar-refractivity contribution is 7.82. The van der Waals surface area contributed by atoms with Gasteiger partial charge in [0.2, 0.25) is 5.13 Å². The van der Waals surface area contributed by atoms with Gasteiger partial charge in [-0.05, 0) is 0 Å². The van der Waals surface area contributed by atoms with Crippen LogP contribution in [0.25, 0.3) is 0 Å². The summed E-state index contributed by atoms with van der Waals surface area (Å²) in [6.07, 6.45) is 0. The van der Waals surface area contributed by atoms with Crippen LogP contribution in [0.5, 0.6) is 0 Å². The molecule has 1 rings (SSSR count). The lowest BCUT2D eigenvalue weighted by Gasteiger charge is -1.74. The van der Waals surface area contributed by atoms with E-state index in [4.69, 9.17) is 5.73 Å². The number of nitrogen functional groups attached to an aromatic ring is 1. The summed E-state index contributed by atoms with van der Waals surface area (Å²) < 4.78 is 0. The Morgan fingerprint density at radius 2 is 2.38 bits per heavy atom. The summed E-state index contributed by atoms with van der Waals surface area (Å²) in [4.78, 5) is 0. The van der Waals surface area contributed by atoms with E-state index in [0.29, 0.717) is 5.13 Å². The van der Waals surface area contributed by atoms with Crippen molar-refractivity contribution in [3.05, 3.63) is 10.8 Å². The lowest BCUT2D eigenvalue weighted by atomic mass is 10.9. The summed E-state index contributed by atoms with van der Waals surface area (Å²) in [7, 11) is 0. The zero-order valence-corrected chi connectivity index (χ0v) is 5.62. The fourth-order valence-electron chi connectivity index (χ4n) is 0.299. The first kappa shape index (κ1) is 5.84. The SMILES string of the molecule is Nc1nnc([CH]S)s1. The van der Waals surface area contributed by atoms with Crippen LogP contribution >= 0.6 is 24.0 Å². The van der Waals surface area contributed by atoms with E-state index >= 15 is 0 Å². The molecule has 0 aliphatic rings. The molecule has 1 radical (unpaired) electrons. The van der Waals surface area contributed by atoms with Gasteiger partial charge in [0.1, 0.15) is 5.01 Å². The van der Waals surface area contributed by atoms with E-state index in [9.17, 15) is 0 Å². The number of hydrogen-bond acceptors (Lipinski definition) is 5. The maximum Gasteiger partial charge on any atom is 0.203 e. The summed E-state index contributed by atoms with van der Waals surface area (Å²) in [5, 5.41) is 8.42. The second-order valence-electron chi connectivity index (χ2n) is 1.11. The number of anilines is 1. The van der Waals surface area contributed by atoms with Crippen LogP contribution in [0.3, 0.4) is 0 Å². The molecule has 0 saturated carbocycles. The number of hydrogen-bond donors (Lipinski definition) is 2. The molecule has 0 aliphatic carbocycles. The lowest BCUT2D eigenvalue weighted by Crippen LogP contribution is -1.79. The quantitative estimate of drug-likeness (QED) is 0.569. The van der Waals surface area contributed by atoms with Crippen molar-refractivity contribution >= 4 is 29.1 Å². The zero-order chi connectivity index (χ0) is 5.98. The van der Waals surface area contributed by atoms with Crippen molar-refractivity contribution in [1.29, 1.82) is 0 Å². The predicted molar refractivity (Wildman–Crippen MR) is 36.7 cm³/mol. The molecule has 2 N–H and O–H groups in total. The number of thiol groups is 1. The van der Waals surface area contributed by atoms with Crippen LogP contribution in [0.2, 0.25) is 0 Å². The van der Waals surface area contributed by atoms with Crippen LogP contribution in [-0.2, 0) is 0 Å². The third kappa shape index (κ3) is 1.10. The van der Waals surface area contributed by atoms with E-state index in [0.717, 1.165) is 5.01 Å². The Labute approximate surface area is 56.3 Å². The van der Waals surface area contributed by atoms with E-state index < -0.39 is 0 Å². The van der Waals surface area contributed by atoms with Gasteiger partial charge in [-0.3, -0.25) is 0 Å². The van der Waals surface area contributed by atoms with E-state index in [1.54, 1.807) is 5.75 Å². The highest BCUT2D eigenvalue weighted by atomic mass is 32.1. The van der Waals surface area contributed by atoms with Crippen molar-refractivity contribution in [1.82, 2.24) is 10.2 Å². The summed E-state index contributed by atoms with van der Waals surface area (Å²) in [6.45, 7) is 0. The lowest BCUT2D eigenvalue weighted by molar-refractivity contribution is 1.08. The smallest absolute Gasteiger partial charge is 0.203 e. The molecule has 0 bridgehead atoms. The Kier molecular flexibility index (Phi) is 1.69. The second kappa shape index (κ2) is 2.32. The van der Waals surface area contributed by atoms with Gasteiger partial charge in [-0.25, -0.2) is 0 Å². The molecule has 5 heteroatoms. The molecule has 1 aromatic rings. The maximum absolute atomic E-state index is 5.25. The van der Waals surface area contributed by atoms with E-state index in [1.807, 2.05) is 0 Å². The third-order valence-electron chi connectivity index (χ3n) is 0.567. The molecular formula is C3H4N3S2. The Morgan fingerprint density at radius 3 is 2.62 bits per heavy atom. The first-order valence-corrected chi connectivity index (χ1v) is 3.22. The van der Waals surface area contributed by atoms with Crippen molar-refractivity contribution in [2.75, 3.05) is 5.73 Å². The Hall–Kier alpha value is -0.290. The van der Waals surface area contributed by atoms with Crippen molar-refractivity contribution in [3.8, 4) is 0 Å². The van der Waals surface area contributed by atoms with Crippen LogP contribution in [-0.4, -0.2) is 10.2 Å². The molecule has 0 amide bonds. The van der Waals surface area contributed by atoms with Crippen LogP contribution in [0.1, 0.15) is 5.01 Å². The first-order chi connectivity index (χ1) is 3.83. The standard InChI is InChI=1S/C3H4N3S2/c4-3-6-5-2(1-7)8-3/h1,7H,(H2,4,6). The normalized spacial score (nSPS) is 9.62. The maximum atomic E-state index is 5.25. The fourth-order valence-corrected chi connectivity index (χ4v) is 0.939. The highest BCUT2D eigenvalue weighted by Gasteiger charge is 1.95. The van der Waals surface area contributed by atoms with Gasteiger partial charge in [0, 0.05) is 0 Å². The minimum absolute atomic E-state index is 0.477. The van der Waals surface area contributed by atoms with Crippen LogP contribution < -0.4 is 5.73 Å². The summed E-state index contributed by atoms with van der Waals surface area (Å²) in [6, 6.07) is 0. The van der Waals surface area contributed by atoms with E-state index in [2.05, 4.69) is 22.8 Å². The number of aromatic nitrogens is 2. The summed E-state index contributed by atoms with van der Waals surface area (Å²) >= 11 is 5.16. The molecule has 0 atom stereocenters. The second-order valence-corrected chi connectivity index (χ2v) is 2.41. The molecule has 1 aromatic heterocycles. The topological polar surface area (TPSA) is 51.8 Å². The average Bonchev–Trinajstić information content (AvgIpc) is 2.14. The monoisotopic (exact) mass is 146 g/mol. The molecular weight excluding hydrogens is 142 g/mol. The van der Waals surface area contributed by atoms with Gasteiger partial charge >= 0.3 is 0 Å². The molecule has 0 saturated heterocycles. The largest absolute Gasteiger partial charge is 0.374 e. The van der Waals surface area contributed by atoms with Crippen LogP contribution in [0.4, 0.5) is 5.13 Å². The molecule has 8 heavy (non-hydrogen) atoms. The molecule has 0 unspecified atom stereocenters. The van der Waals surface area contributed by atoms with Crippen molar-refractivity contribution in [2.45, 2.75) is 0 Å². The minimum atomic E-state index is 0.477. The van der Waals surface area contributed by atoms with E-state index in [-0.39, 0.29) is 0 Å². The molecule has 0 aliphatic heterocycles. The number of nitrogens with zero attached hydrogens (tertiary/aromatic N) is 2. The number of rotatable bonds is 1. The van der Waals surface area contributed by atoms with Crippen molar-refractivity contribution < 1.29 is 0 Å². The van der Waals surface area contributed by atoms with Crippen LogP contribution in [0.15, 0.2) is 0 Å². The van der Waals surface area contributed by atoms with Gasteiger partial charge in [0.05, 0.1) is 5.75 Å². The predicted octanol–water partition coefficient (Wildman–Crippen LogP) is 0.560. The van der Waals surface area contributed by atoms with Crippen LogP contribution in [0, 0.1) is 5.75 Å². The van der Waals surface area contributed by atoms with Gasteiger partial charge in [-0.15, -0.1) is 10.2 Å². The van der Waals surface area contributed by atoms with E-state index in [1.165, 1.54) is 11.3 Å². The number of nitrogens with two attached hydrogens (primary N) is 1. The zero-order valence-electron chi connectivity index (χ0n) is 3.90. The van der Waals surface area contributed by atoms with Gasteiger partial charge in [0.15, 0.2) is 0 Å². The van der Waals surface area contributed by atoms with Gasteiger partial charge in [-0.2, -0.15) is 12.6 Å². The molecule has 43 valence electrons. The Morgan fingerprint density at radius 1 is 1.62 bits per heavy atom. The summed E-state index contributed by atoms with van der Waals surface area (Å²) in [5.74, 6) is 1.56. The highest BCUT2D eigenvalue weighted by Crippen LogP contribution is 2.13. The van der Waals surface area contributed by atoms with Gasteiger partial charge in [0.25, 0.3) is 0 Å². The Balaban J connectivity index is 2.84.